The average Bonchev–Trinajstić information content (AvgIpc) is 3.23. The van der Waals surface area contributed by atoms with Crippen LogP contribution in [0.4, 0.5) is 4.79 Å². The van der Waals surface area contributed by atoms with Gasteiger partial charge in [-0.05, 0) is 32.0 Å². The fourth-order valence-electron chi connectivity index (χ4n) is 3.77. The molecule has 0 fully saturated rings. The summed E-state index contributed by atoms with van der Waals surface area (Å²) in [5.74, 6) is 0.626. The topological polar surface area (TPSA) is 82.4 Å². The van der Waals surface area contributed by atoms with E-state index in [1.807, 2.05) is 49.0 Å². The second-order valence-corrected chi connectivity index (χ2v) is 8.61. The van der Waals surface area contributed by atoms with Crippen molar-refractivity contribution >= 4 is 28.6 Å². The van der Waals surface area contributed by atoms with Gasteiger partial charge in [-0.3, -0.25) is 9.67 Å². The zero-order valence-corrected chi connectivity index (χ0v) is 20.5. The lowest BCUT2D eigenvalue weighted by molar-refractivity contribution is 0.0816. The molecular formula is C25H26ClN5O3. The van der Waals surface area contributed by atoms with Crippen molar-refractivity contribution in [3.63, 3.8) is 0 Å². The molecule has 4 rings (SSSR count). The number of amides is 1. The molecule has 176 valence electrons. The lowest BCUT2D eigenvalue weighted by atomic mass is 10.0. The van der Waals surface area contributed by atoms with Gasteiger partial charge in [0, 0.05) is 67.5 Å². The largest absolute Gasteiger partial charge is 0.487 e. The first-order chi connectivity index (χ1) is 16.3. The van der Waals surface area contributed by atoms with Gasteiger partial charge in [0.25, 0.3) is 0 Å². The number of ether oxygens (including phenoxy) is 2. The average molecular weight is 480 g/mol. The first-order valence-corrected chi connectivity index (χ1v) is 11.2. The smallest absolute Gasteiger partial charge is 0.409 e. The molecule has 0 bridgehead atoms. The number of fused-ring (bicyclic) bond motifs is 1. The Hall–Kier alpha value is -3.65. The highest BCUT2D eigenvalue weighted by molar-refractivity contribution is 6.31. The maximum atomic E-state index is 12.0. The van der Waals surface area contributed by atoms with Crippen LogP contribution >= 0.6 is 11.6 Å². The molecule has 34 heavy (non-hydrogen) atoms. The standard InChI is InChI=1S/C25H26ClN5O3/c1-15-11-18(22-9-10-28-31(22)5)17-7-6-8-23(24(17)29-15)33-14-20-19(12-27-13-21(20)26)16(2)34-25(32)30(3)4/h6-13,16H,14H2,1-5H3. The summed E-state index contributed by atoms with van der Waals surface area (Å²) in [6.45, 7) is 3.90. The van der Waals surface area contributed by atoms with Crippen molar-refractivity contribution in [1.82, 2.24) is 24.6 Å². The van der Waals surface area contributed by atoms with Crippen LogP contribution in [0, 0.1) is 6.92 Å². The molecule has 0 N–H and O–H groups in total. The molecule has 3 heterocycles. The molecule has 3 aromatic heterocycles. The third kappa shape index (κ3) is 4.68. The lowest BCUT2D eigenvalue weighted by Crippen LogP contribution is -2.24. The van der Waals surface area contributed by atoms with Gasteiger partial charge in [-0.15, -0.1) is 0 Å². The minimum atomic E-state index is -0.552. The summed E-state index contributed by atoms with van der Waals surface area (Å²) in [5, 5.41) is 5.70. The molecule has 0 saturated carbocycles. The number of aryl methyl sites for hydroxylation is 2. The van der Waals surface area contributed by atoms with Crippen molar-refractivity contribution in [2.75, 3.05) is 14.1 Å². The SMILES string of the molecule is Cc1cc(-c2ccnn2C)c2cccc(OCc3c(Cl)cncc3C(C)OC(=O)N(C)C)c2n1. The Morgan fingerprint density at radius 1 is 1.24 bits per heavy atom. The minimum absolute atomic E-state index is 0.163. The van der Waals surface area contributed by atoms with E-state index in [0.717, 1.165) is 27.9 Å². The number of hydrogen-bond acceptors (Lipinski definition) is 6. The maximum Gasteiger partial charge on any atom is 0.409 e. The molecule has 1 aromatic carbocycles. The highest BCUT2D eigenvalue weighted by atomic mass is 35.5. The Labute approximate surface area is 203 Å². The number of pyridine rings is 2. The van der Waals surface area contributed by atoms with Crippen LogP contribution in [0.15, 0.2) is 48.9 Å². The zero-order valence-electron chi connectivity index (χ0n) is 19.7. The summed E-state index contributed by atoms with van der Waals surface area (Å²) in [7, 11) is 5.17. The summed E-state index contributed by atoms with van der Waals surface area (Å²) in [5.41, 5.74) is 5.02. The Morgan fingerprint density at radius 2 is 2.03 bits per heavy atom. The molecule has 4 aromatic rings. The number of halogens is 1. The Balaban J connectivity index is 1.68. The van der Waals surface area contributed by atoms with Crippen LogP contribution in [0.3, 0.4) is 0 Å². The molecule has 0 aliphatic rings. The van der Waals surface area contributed by atoms with Crippen LogP contribution in [-0.2, 0) is 18.4 Å². The molecule has 1 amide bonds. The van der Waals surface area contributed by atoms with E-state index in [-0.39, 0.29) is 6.61 Å². The van der Waals surface area contributed by atoms with Crippen LogP contribution in [0.25, 0.3) is 22.2 Å². The number of carbonyl (C=O) groups excluding carboxylic acids is 1. The van der Waals surface area contributed by atoms with E-state index in [0.29, 0.717) is 21.9 Å². The first kappa shape index (κ1) is 23.5. The predicted molar refractivity (Wildman–Crippen MR) is 131 cm³/mol. The second kappa shape index (κ2) is 9.69. The Morgan fingerprint density at radius 3 is 2.74 bits per heavy atom. The van der Waals surface area contributed by atoms with Gasteiger partial charge in [0.15, 0.2) is 0 Å². The fourth-order valence-corrected chi connectivity index (χ4v) is 3.99. The third-order valence-electron chi connectivity index (χ3n) is 5.52. The first-order valence-electron chi connectivity index (χ1n) is 10.8. The molecule has 0 aliphatic carbocycles. The van der Waals surface area contributed by atoms with Gasteiger partial charge < -0.3 is 14.4 Å². The lowest BCUT2D eigenvalue weighted by Gasteiger charge is -2.20. The van der Waals surface area contributed by atoms with Crippen molar-refractivity contribution in [2.45, 2.75) is 26.6 Å². The number of nitrogens with zero attached hydrogens (tertiary/aromatic N) is 5. The van der Waals surface area contributed by atoms with E-state index in [1.54, 1.807) is 39.6 Å². The van der Waals surface area contributed by atoms with E-state index >= 15 is 0 Å². The predicted octanol–water partition coefficient (Wildman–Crippen LogP) is 5.33. The molecule has 9 heteroatoms. The van der Waals surface area contributed by atoms with Gasteiger partial charge in [-0.1, -0.05) is 23.7 Å². The van der Waals surface area contributed by atoms with Gasteiger partial charge in [0.2, 0.25) is 0 Å². The molecule has 0 radical (unpaired) electrons. The molecule has 0 aliphatic heterocycles. The molecule has 0 spiro atoms. The number of rotatable bonds is 6. The van der Waals surface area contributed by atoms with Gasteiger partial charge in [0.05, 0.1) is 10.7 Å². The highest BCUT2D eigenvalue weighted by Crippen LogP contribution is 2.34. The van der Waals surface area contributed by atoms with Gasteiger partial charge >= 0.3 is 6.09 Å². The van der Waals surface area contributed by atoms with Crippen molar-refractivity contribution in [3.8, 4) is 17.0 Å². The molecule has 8 nitrogen and oxygen atoms in total. The van der Waals surface area contributed by atoms with E-state index in [1.165, 1.54) is 4.90 Å². The Bertz CT molecular complexity index is 1350. The Kier molecular flexibility index (Phi) is 6.70. The number of carbonyl (C=O) groups is 1. The number of para-hydroxylation sites is 1. The molecule has 0 saturated heterocycles. The van der Waals surface area contributed by atoms with E-state index < -0.39 is 12.2 Å². The monoisotopic (exact) mass is 479 g/mol. The van der Waals surface area contributed by atoms with Crippen molar-refractivity contribution < 1.29 is 14.3 Å². The van der Waals surface area contributed by atoms with E-state index in [9.17, 15) is 4.79 Å². The van der Waals surface area contributed by atoms with Crippen molar-refractivity contribution in [2.24, 2.45) is 7.05 Å². The third-order valence-corrected chi connectivity index (χ3v) is 5.84. The summed E-state index contributed by atoms with van der Waals surface area (Å²) < 4.78 is 13.6. The van der Waals surface area contributed by atoms with Crippen LogP contribution in [0.1, 0.15) is 29.8 Å². The summed E-state index contributed by atoms with van der Waals surface area (Å²) in [6.07, 6.45) is 3.97. The second-order valence-electron chi connectivity index (χ2n) is 8.20. The zero-order chi connectivity index (χ0) is 24.4. The van der Waals surface area contributed by atoms with Crippen molar-refractivity contribution in [3.05, 3.63) is 70.8 Å². The number of hydrogen-bond donors (Lipinski definition) is 0. The van der Waals surface area contributed by atoms with E-state index in [2.05, 4.69) is 10.1 Å². The van der Waals surface area contributed by atoms with Crippen LogP contribution in [-0.4, -0.2) is 44.8 Å². The summed E-state index contributed by atoms with van der Waals surface area (Å²) in [6, 6.07) is 9.85. The van der Waals surface area contributed by atoms with Gasteiger partial charge in [0.1, 0.15) is 24.0 Å². The summed E-state index contributed by atoms with van der Waals surface area (Å²) in [4.78, 5) is 22.3. The minimum Gasteiger partial charge on any atom is -0.487 e. The molecule has 1 atom stereocenters. The van der Waals surface area contributed by atoms with Crippen LogP contribution in [0.2, 0.25) is 5.02 Å². The van der Waals surface area contributed by atoms with Crippen LogP contribution in [0.5, 0.6) is 5.75 Å². The number of benzene rings is 1. The molecule has 1 unspecified atom stereocenters. The van der Waals surface area contributed by atoms with Gasteiger partial charge in [-0.2, -0.15) is 5.10 Å². The quantitative estimate of drug-likeness (QED) is 0.371. The van der Waals surface area contributed by atoms with Crippen molar-refractivity contribution in [1.29, 1.82) is 0 Å². The number of aromatic nitrogens is 4. The van der Waals surface area contributed by atoms with Crippen LogP contribution < -0.4 is 4.74 Å². The maximum absolute atomic E-state index is 12.0. The highest BCUT2D eigenvalue weighted by Gasteiger charge is 2.20. The molecular weight excluding hydrogens is 454 g/mol. The summed E-state index contributed by atoms with van der Waals surface area (Å²) >= 11 is 6.47. The van der Waals surface area contributed by atoms with E-state index in [4.69, 9.17) is 26.1 Å². The fraction of sp³-hybridized carbons (Fsp3) is 0.280. The van der Waals surface area contributed by atoms with Gasteiger partial charge in [-0.25, -0.2) is 9.78 Å². The normalized spacial score (nSPS) is 11.9.